The van der Waals surface area contributed by atoms with Crippen molar-refractivity contribution in [2.75, 3.05) is 17.6 Å². The number of aliphatic hydroxyl groups excluding tert-OH is 1. The molecule has 0 saturated carbocycles. The summed E-state index contributed by atoms with van der Waals surface area (Å²) in [5.41, 5.74) is 6.82. The summed E-state index contributed by atoms with van der Waals surface area (Å²) in [6.45, 7) is 2.41. The summed E-state index contributed by atoms with van der Waals surface area (Å²) in [7, 11) is 0. The van der Waals surface area contributed by atoms with Crippen molar-refractivity contribution in [3.05, 3.63) is 22.4 Å². The minimum atomic E-state index is -0.341. The molecule has 1 rings (SSSR count). The molecule has 1 unspecified atom stereocenters. The standard InChI is InChI=1S/C11H16BrFN2O/c1-7(16)3-2-4-15-11-6-9(13)8(12)5-10(11)14/h5-7,15-16H,2-4,14H2,1H3. The fourth-order valence-corrected chi connectivity index (χ4v) is 1.70. The molecule has 0 saturated heterocycles. The highest BCUT2D eigenvalue weighted by Gasteiger charge is 2.05. The molecule has 0 aromatic heterocycles. The van der Waals surface area contributed by atoms with Gasteiger partial charge in [-0.2, -0.15) is 0 Å². The van der Waals surface area contributed by atoms with Crippen LogP contribution in [0.3, 0.4) is 0 Å². The summed E-state index contributed by atoms with van der Waals surface area (Å²) >= 11 is 3.07. The van der Waals surface area contributed by atoms with Gasteiger partial charge in [0.15, 0.2) is 0 Å². The van der Waals surface area contributed by atoms with E-state index < -0.39 is 0 Å². The quantitative estimate of drug-likeness (QED) is 0.577. The first-order valence-electron chi connectivity index (χ1n) is 5.17. The molecule has 16 heavy (non-hydrogen) atoms. The third kappa shape index (κ3) is 3.98. The topological polar surface area (TPSA) is 58.3 Å². The Kier molecular flexibility index (Phi) is 5.02. The zero-order valence-corrected chi connectivity index (χ0v) is 10.7. The second kappa shape index (κ2) is 6.06. The van der Waals surface area contributed by atoms with Gasteiger partial charge in [-0.05, 0) is 41.8 Å². The SMILES string of the molecule is CC(O)CCCNc1cc(F)c(Br)cc1N. The molecule has 1 aromatic rings. The number of anilines is 2. The summed E-state index contributed by atoms with van der Waals surface area (Å²) in [4.78, 5) is 0. The number of hydrogen-bond acceptors (Lipinski definition) is 3. The maximum atomic E-state index is 13.2. The molecule has 0 aliphatic heterocycles. The van der Waals surface area contributed by atoms with Gasteiger partial charge in [0.1, 0.15) is 5.82 Å². The molecule has 0 aliphatic rings. The Morgan fingerprint density at radius 2 is 2.25 bits per heavy atom. The van der Waals surface area contributed by atoms with Crippen LogP contribution >= 0.6 is 15.9 Å². The first kappa shape index (κ1) is 13.3. The number of nitrogens with one attached hydrogen (secondary N) is 1. The molecular weight excluding hydrogens is 275 g/mol. The highest BCUT2D eigenvalue weighted by atomic mass is 79.9. The fraction of sp³-hybridized carbons (Fsp3) is 0.455. The lowest BCUT2D eigenvalue weighted by Gasteiger charge is -2.10. The van der Waals surface area contributed by atoms with Crippen molar-refractivity contribution < 1.29 is 9.50 Å². The van der Waals surface area contributed by atoms with E-state index in [-0.39, 0.29) is 11.9 Å². The minimum Gasteiger partial charge on any atom is -0.397 e. The average Bonchev–Trinajstić information content (AvgIpc) is 2.19. The summed E-state index contributed by atoms with van der Waals surface area (Å²) in [5.74, 6) is -0.341. The third-order valence-corrected chi connectivity index (χ3v) is 2.81. The predicted octanol–water partition coefficient (Wildman–Crippen LogP) is 2.74. The first-order chi connectivity index (χ1) is 7.50. The molecule has 3 nitrogen and oxygen atoms in total. The summed E-state index contributed by atoms with van der Waals surface area (Å²) in [6.07, 6.45) is 1.22. The number of hydrogen-bond donors (Lipinski definition) is 3. The summed E-state index contributed by atoms with van der Waals surface area (Å²) in [5, 5.41) is 12.1. The molecule has 0 fully saturated rings. The lowest BCUT2D eigenvalue weighted by Crippen LogP contribution is -2.08. The fourth-order valence-electron chi connectivity index (χ4n) is 1.34. The summed E-state index contributed by atoms with van der Waals surface area (Å²) < 4.78 is 13.6. The van der Waals surface area contributed by atoms with Crippen LogP contribution in [0.1, 0.15) is 19.8 Å². The van der Waals surface area contributed by atoms with Crippen molar-refractivity contribution >= 4 is 27.3 Å². The van der Waals surface area contributed by atoms with Gasteiger partial charge in [0.05, 0.1) is 22.0 Å². The molecule has 5 heteroatoms. The molecule has 0 aliphatic carbocycles. The van der Waals surface area contributed by atoms with E-state index in [2.05, 4.69) is 21.2 Å². The van der Waals surface area contributed by atoms with E-state index in [1.807, 2.05) is 0 Å². The predicted molar refractivity (Wildman–Crippen MR) is 67.9 cm³/mol. The Morgan fingerprint density at radius 3 is 2.88 bits per heavy atom. The van der Waals surface area contributed by atoms with E-state index in [1.165, 1.54) is 12.1 Å². The number of aliphatic hydroxyl groups is 1. The van der Waals surface area contributed by atoms with Crippen molar-refractivity contribution in [3.63, 3.8) is 0 Å². The van der Waals surface area contributed by atoms with Gasteiger partial charge < -0.3 is 16.2 Å². The van der Waals surface area contributed by atoms with Crippen LogP contribution in [0.2, 0.25) is 0 Å². The van der Waals surface area contributed by atoms with Crippen LogP contribution < -0.4 is 11.1 Å². The molecule has 90 valence electrons. The van der Waals surface area contributed by atoms with Crippen molar-refractivity contribution in [2.45, 2.75) is 25.9 Å². The van der Waals surface area contributed by atoms with E-state index in [9.17, 15) is 4.39 Å². The van der Waals surface area contributed by atoms with Crippen molar-refractivity contribution in [1.29, 1.82) is 0 Å². The van der Waals surface area contributed by atoms with Crippen molar-refractivity contribution in [1.82, 2.24) is 0 Å². The zero-order valence-electron chi connectivity index (χ0n) is 9.13. The third-order valence-electron chi connectivity index (χ3n) is 2.21. The Balaban J connectivity index is 2.51. The van der Waals surface area contributed by atoms with Gasteiger partial charge in [-0.15, -0.1) is 0 Å². The van der Waals surface area contributed by atoms with Crippen LogP contribution in [0, 0.1) is 5.82 Å². The second-order valence-corrected chi connectivity index (χ2v) is 4.63. The Morgan fingerprint density at radius 1 is 1.56 bits per heavy atom. The second-order valence-electron chi connectivity index (χ2n) is 3.77. The largest absolute Gasteiger partial charge is 0.397 e. The highest BCUT2D eigenvalue weighted by Crippen LogP contribution is 2.26. The molecule has 1 aromatic carbocycles. The lowest BCUT2D eigenvalue weighted by atomic mass is 10.2. The maximum absolute atomic E-state index is 13.2. The smallest absolute Gasteiger partial charge is 0.139 e. The van der Waals surface area contributed by atoms with Crippen LogP contribution in [0.4, 0.5) is 15.8 Å². The van der Waals surface area contributed by atoms with Crippen molar-refractivity contribution in [3.8, 4) is 0 Å². The van der Waals surface area contributed by atoms with E-state index >= 15 is 0 Å². The van der Waals surface area contributed by atoms with Crippen LogP contribution in [-0.2, 0) is 0 Å². The Labute approximate surface area is 103 Å². The number of nitrogen functional groups attached to an aromatic ring is 1. The van der Waals surface area contributed by atoms with Gasteiger partial charge in [0, 0.05) is 12.6 Å². The Bertz CT molecular complexity index is 358. The van der Waals surface area contributed by atoms with Gasteiger partial charge in [0.25, 0.3) is 0 Å². The molecule has 0 radical (unpaired) electrons. The first-order valence-corrected chi connectivity index (χ1v) is 5.96. The number of benzene rings is 1. The highest BCUT2D eigenvalue weighted by molar-refractivity contribution is 9.10. The number of nitrogens with two attached hydrogens (primary N) is 1. The molecule has 0 heterocycles. The molecule has 1 atom stereocenters. The van der Waals surface area contributed by atoms with Crippen LogP contribution in [0.15, 0.2) is 16.6 Å². The van der Waals surface area contributed by atoms with Gasteiger partial charge in [0.2, 0.25) is 0 Å². The van der Waals surface area contributed by atoms with Crippen LogP contribution in [-0.4, -0.2) is 17.8 Å². The minimum absolute atomic E-state index is 0.305. The molecule has 0 spiro atoms. The van der Waals surface area contributed by atoms with Gasteiger partial charge in [-0.25, -0.2) is 4.39 Å². The van der Waals surface area contributed by atoms with Gasteiger partial charge >= 0.3 is 0 Å². The summed E-state index contributed by atoms with van der Waals surface area (Å²) in [6, 6.07) is 2.90. The van der Waals surface area contributed by atoms with E-state index in [0.717, 1.165) is 6.42 Å². The van der Waals surface area contributed by atoms with Crippen LogP contribution in [0.5, 0.6) is 0 Å². The normalized spacial score (nSPS) is 12.5. The molecule has 0 bridgehead atoms. The molecule has 4 N–H and O–H groups in total. The van der Waals surface area contributed by atoms with E-state index in [4.69, 9.17) is 10.8 Å². The molecule has 0 amide bonds. The van der Waals surface area contributed by atoms with E-state index in [0.29, 0.717) is 28.8 Å². The van der Waals surface area contributed by atoms with Crippen LogP contribution in [0.25, 0.3) is 0 Å². The number of rotatable bonds is 5. The maximum Gasteiger partial charge on any atom is 0.139 e. The van der Waals surface area contributed by atoms with Crippen molar-refractivity contribution in [2.24, 2.45) is 0 Å². The Hall–Kier alpha value is -0.810. The van der Waals surface area contributed by atoms with Gasteiger partial charge in [-0.1, -0.05) is 0 Å². The average molecular weight is 291 g/mol. The van der Waals surface area contributed by atoms with Gasteiger partial charge in [-0.3, -0.25) is 0 Å². The monoisotopic (exact) mass is 290 g/mol. The van der Waals surface area contributed by atoms with E-state index in [1.54, 1.807) is 6.92 Å². The zero-order chi connectivity index (χ0) is 12.1. The molecular formula is C11H16BrFN2O. The lowest BCUT2D eigenvalue weighted by molar-refractivity contribution is 0.183. The number of halogens is 2.